The Labute approximate surface area is 156 Å². The predicted octanol–water partition coefficient (Wildman–Crippen LogP) is 4.61. The first-order chi connectivity index (χ1) is 12.2. The summed E-state index contributed by atoms with van der Waals surface area (Å²) in [5.41, 5.74) is -1.41. The Morgan fingerprint density at radius 2 is 1.62 bits per heavy atom. The van der Waals surface area contributed by atoms with Gasteiger partial charge in [-0.15, -0.1) is 0 Å². The summed E-state index contributed by atoms with van der Waals surface area (Å²) < 4.78 is 40.4. The van der Waals surface area contributed by atoms with Crippen LogP contribution in [0.2, 0.25) is 10.0 Å². The number of carbonyl (C=O) groups excluding carboxylic acids is 1. The van der Waals surface area contributed by atoms with Crippen molar-refractivity contribution in [3.63, 3.8) is 0 Å². The van der Waals surface area contributed by atoms with Crippen LogP contribution >= 0.6 is 23.2 Å². The van der Waals surface area contributed by atoms with Crippen LogP contribution in [0, 0.1) is 5.92 Å². The van der Waals surface area contributed by atoms with E-state index in [2.05, 4.69) is 5.10 Å². The number of carbonyl (C=O) groups is 1. The summed E-state index contributed by atoms with van der Waals surface area (Å²) in [7, 11) is 0. The van der Waals surface area contributed by atoms with Crippen LogP contribution in [0.25, 0.3) is 0 Å². The molecule has 1 aliphatic heterocycles. The highest BCUT2D eigenvalue weighted by Gasteiger charge is 2.53. The van der Waals surface area contributed by atoms with Crippen LogP contribution in [0.5, 0.6) is 0 Å². The lowest BCUT2D eigenvalue weighted by atomic mass is 9.90. The van der Waals surface area contributed by atoms with Gasteiger partial charge in [0, 0.05) is 15.6 Å². The molecule has 0 unspecified atom stereocenters. The van der Waals surface area contributed by atoms with Gasteiger partial charge in [0.25, 0.3) is 5.91 Å². The molecule has 136 valence electrons. The Morgan fingerprint density at radius 3 is 2.15 bits per heavy atom. The summed E-state index contributed by atoms with van der Waals surface area (Å²) in [5, 5.41) is 14.5. The molecule has 1 heterocycles. The van der Waals surface area contributed by atoms with E-state index < -0.39 is 29.8 Å². The van der Waals surface area contributed by atoms with Crippen LogP contribution < -0.4 is 5.01 Å². The Morgan fingerprint density at radius 1 is 1.04 bits per heavy atom. The topological polar surface area (TPSA) is 52.9 Å². The number of hydrazone groups is 1. The number of aliphatic hydroxyl groups is 1. The van der Waals surface area contributed by atoms with E-state index in [0.29, 0.717) is 5.01 Å². The molecule has 0 radical (unpaired) electrons. The fraction of sp³-hybridized carbons (Fsp3) is 0.176. The van der Waals surface area contributed by atoms with Crippen molar-refractivity contribution < 1.29 is 23.1 Å². The van der Waals surface area contributed by atoms with Crippen molar-refractivity contribution in [1.29, 1.82) is 0 Å². The first-order valence-corrected chi connectivity index (χ1v) is 8.14. The van der Waals surface area contributed by atoms with Gasteiger partial charge in [-0.25, -0.2) is 0 Å². The molecule has 4 nitrogen and oxygen atoms in total. The van der Waals surface area contributed by atoms with Crippen molar-refractivity contribution in [3.05, 3.63) is 64.1 Å². The zero-order valence-electron chi connectivity index (χ0n) is 12.9. The molecule has 2 atom stereocenters. The molecule has 0 fully saturated rings. The van der Waals surface area contributed by atoms with Crippen LogP contribution in [0.15, 0.2) is 53.6 Å². The summed E-state index contributed by atoms with van der Waals surface area (Å²) in [4.78, 5) is 12.7. The molecular formula is C17H11Cl2F3N2O2. The quantitative estimate of drug-likeness (QED) is 0.814. The number of alkyl halides is 3. The molecule has 1 N–H and O–H groups in total. The summed E-state index contributed by atoms with van der Waals surface area (Å²) >= 11 is 12.0. The van der Waals surface area contributed by atoms with Gasteiger partial charge in [0.1, 0.15) is 5.92 Å². The van der Waals surface area contributed by atoms with E-state index in [-0.39, 0.29) is 21.3 Å². The third-order valence-electron chi connectivity index (χ3n) is 3.88. The third-order valence-corrected chi connectivity index (χ3v) is 4.54. The molecule has 26 heavy (non-hydrogen) atoms. The van der Waals surface area contributed by atoms with E-state index >= 15 is 0 Å². The zero-order valence-corrected chi connectivity index (χ0v) is 14.4. The normalized spacial score (nSPS) is 18.8. The Bertz CT molecular complexity index is 852. The molecule has 1 aliphatic rings. The predicted molar refractivity (Wildman–Crippen MR) is 92.3 cm³/mol. The number of benzene rings is 2. The minimum Gasteiger partial charge on any atom is -0.387 e. The zero-order chi connectivity index (χ0) is 19.1. The number of anilines is 1. The maximum Gasteiger partial charge on any atom is 0.432 e. The molecule has 2 aromatic carbocycles. The average Bonchev–Trinajstić information content (AvgIpc) is 2.93. The minimum atomic E-state index is -4.92. The monoisotopic (exact) mass is 402 g/mol. The largest absolute Gasteiger partial charge is 0.432 e. The van der Waals surface area contributed by atoms with Crippen molar-refractivity contribution in [3.8, 4) is 0 Å². The number of rotatable bonds is 3. The van der Waals surface area contributed by atoms with Gasteiger partial charge in [-0.1, -0.05) is 47.5 Å². The molecule has 0 bridgehead atoms. The molecule has 0 spiro atoms. The summed E-state index contributed by atoms with van der Waals surface area (Å²) in [5.74, 6) is -3.00. The van der Waals surface area contributed by atoms with Crippen LogP contribution in [0.4, 0.5) is 18.9 Å². The second kappa shape index (κ2) is 6.90. The van der Waals surface area contributed by atoms with Crippen molar-refractivity contribution in [1.82, 2.24) is 0 Å². The van der Waals surface area contributed by atoms with E-state index in [1.807, 2.05) is 0 Å². The molecule has 2 aromatic rings. The highest BCUT2D eigenvalue weighted by molar-refractivity contribution is 6.36. The Hall–Kier alpha value is -2.09. The fourth-order valence-electron chi connectivity index (χ4n) is 2.70. The van der Waals surface area contributed by atoms with Crippen molar-refractivity contribution in [2.75, 3.05) is 5.01 Å². The number of halogens is 5. The smallest absolute Gasteiger partial charge is 0.387 e. The molecule has 1 amide bonds. The van der Waals surface area contributed by atoms with E-state index in [0.717, 1.165) is 0 Å². The lowest BCUT2D eigenvalue weighted by Gasteiger charge is -2.22. The average molecular weight is 403 g/mol. The van der Waals surface area contributed by atoms with Crippen LogP contribution in [0.1, 0.15) is 11.7 Å². The number of nitrogens with zero attached hydrogens (tertiary/aromatic N) is 2. The summed E-state index contributed by atoms with van der Waals surface area (Å²) in [6.45, 7) is 0. The van der Waals surface area contributed by atoms with Crippen molar-refractivity contribution in [2.45, 2.75) is 12.3 Å². The van der Waals surface area contributed by atoms with Crippen molar-refractivity contribution in [2.24, 2.45) is 11.0 Å². The van der Waals surface area contributed by atoms with Gasteiger partial charge in [0.2, 0.25) is 0 Å². The lowest BCUT2D eigenvalue weighted by molar-refractivity contribution is -0.123. The van der Waals surface area contributed by atoms with Gasteiger partial charge in [-0.2, -0.15) is 23.3 Å². The number of hydrogen-bond donors (Lipinski definition) is 1. The first kappa shape index (κ1) is 18.7. The van der Waals surface area contributed by atoms with Crippen LogP contribution in [0.3, 0.4) is 0 Å². The van der Waals surface area contributed by atoms with E-state index in [4.69, 9.17) is 23.2 Å². The number of aliphatic hydroxyl groups excluding tert-OH is 1. The Balaban J connectivity index is 2.08. The molecule has 0 aromatic heterocycles. The Kier molecular flexibility index (Phi) is 4.96. The SMILES string of the molecule is O=C1[C@H]([C@H](O)c2c(Cl)cccc2Cl)C(C(F)(F)F)=NN1c1ccccc1. The van der Waals surface area contributed by atoms with Crippen LogP contribution in [-0.2, 0) is 4.79 Å². The lowest BCUT2D eigenvalue weighted by Crippen LogP contribution is -2.37. The van der Waals surface area contributed by atoms with Gasteiger partial charge >= 0.3 is 6.18 Å². The molecular weight excluding hydrogens is 392 g/mol. The van der Waals surface area contributed by atoms with Gasteiger partial charge in [0.05, 0.1) is 11.8 Å². The third kappa shape index (κ3) is 3.30. The highest BCUT2D eigenvalue weighted by atomic mass is 35.5. The maximum atomic E-state index is 13.5. The van der Waals surface area contributed by atoms with E-state index in [9.17, 15) is 23.1 Å². The van der Waals surface area contributed by atoms with Gasteiger partial charge < -0.3 is 5.11 Å². The molecule has 9 heteroatoms. The van der Waals surface area contributed by atoms with Gasteiger partial charge in [0.15, 0.2) is 5.71 Å². The molecule has 0 aliphatic carbocycles. The second-order valence-corrected chi connectivity index (χ2v) is 6.34. The van der Waals surface area contributed by atoms with Gasteiger partial charge in [-0.05, 0) is 24.3 Å². The first-order valence-electron chi connectivity index (χ1n) is 7.38. The highest BCUT2D eigenvalue weighted by Crippen LogP contribution is 2.41. The summed E-state index contributed by atoms with van der Waals surface area (Å²) in [6.07, 6.45) is -6.82. The van der Waals surface area contributed by atoms with Crippen LogP contribution in [-0.4, -0.2) is 22.9 Å². The minimum absolute atomic E-state index is 0.0440. The second-order valence-electron chi connectivity index (χ2n) is 5.53. The van der Waals surface area contributed by atoms with E-state index in [1.54, 1.807) is 18.2 Å². The number of amides is 1. The van der Waals surface area contributed by atoms with E-state index in [1.165, 1.54) is 30.3 Å². The molecule has 0 saturated heterocycles. The number of hydrogen-bond acceptors (Lipinski definition) is 3. The fourth-order valence-corrected chi connectivity index (χ4v) is 3.32. The standard InChI is InChI=1S/C17H11Cl2F3N2O2/c18-10-7-4-8-11(19)12(10)14(25)13-15(17(20,21)22)23-24(16(13)26)9-5-2-1-3-6-9/h1-8,13-14,25H/t13-,14-/m1/s1. The molecule has 3 rings (SSSR count). The van der Waals surface area contributed by atoms with Gasteiger partial charge in [-0.3, -0.25) is 4.79 Å². The summed E-state index contributed by atoms with van der Waals surface area (Å²) in [6, 6.07) is 11.8. The maximum absolute atomic E-state index is 13.5. The number of para-hydroxylation sites is 1. The van der Waals surface area contributed by atoms with Crippen molar-refractivity contribution >= 4 is 40.5 Å². The molecule has 0 saturated carbocycles.